The summed E-state index contributed by atoms with van der Waals surface area (Å²) in [6.07, 6.45) is 1.55. The first kappa shape index (κ1) is 14.6. The molecule has 0 aliphatic heterocycles. The smallest absolute Gasteiger partial charge is 0.129 e. The zero-order chi connectivity index (χ0) is 14.5. The van der Waals surface area contributed by atoms with Crippen LogP contribution in [0.5, 0.6) is 5.75 Å². The zero-order valence-corrected chi connectivity index (χ0v) is 12.0. The van der Waals surface area contributed by atoms with E-state index >= 15 is 0 Å². The highest BCUT2D eigenvalue weighted by Crippen LogP contribution is 2.28. The van der Waals surface area contributed by atoms with Crippen LogP contribution in [0.2, 0.25) is 5.02 Å². The van der Waals surface area contributed by atoms with Gasteiger partial charge >= 0.3 is 0 Å². The van der Waals surface area contributed by atoms with Gasteiger partial charge in [0.15, 0.2) is 0 Å². The third-order valence-corrected chi connectivity index (χ3v) is 3.09. The molecule has 0 saturated heterocycles. The number of aromatic nitrogens is 1. The maximum absolute atomic E-state index is 10.3. The van der Waals surface area contributed by atoms with Gasteiger partial charge in [0.1, 0.15) is 17.7 Å². The van der Waals surface area contributed by atoms with Crippen molar-refractivity contribution in [3.8, 4) is 5.75 Å². The van der Waals surface area contributed by atoms with E-state index in [2.05, 4.69) is 4.98 Å². The van der Waals surface area contributed by atoms with Crippen molar-refractivity contribution in [3.05, 3.63) is 52.7 Å². The summed E-state index contributed by atoms with van der Waals surface area (Å²) in [6.45, 7) is 2.72. The first-order chi connectivity index (χ1) is 9.61. The summed E-state index contributed by atoms with van der Waals surface area (Å²) in [5.41, 5.74) is 6.98. The Morgan fingerprint density at radius 2 is 2.05 bits per heavy atom. The van der Waals surface area contributed by atoms with Crippen molar-refractivity contribution in [2.75, 3.05) is 12.3 Å². The number of ether oxygens (including phenoxy) is 1. The molecule has 0 amide bonds. The van der Waals surface area contributed by atoms with Crippen LogP contribution in [0.3, 0.4) is 0 Å². The second kappa shape index (κ2) is 6.59. The molecular formula is C15H17ClN2O2. The predicted octanol–water partition coefficient (Wildman–Crippen LogP) is 3.19. The third kappa shape index (κ3) is 3.40. The van der Waals surface area contributed by atoms with Crippen molar-refractivity contribution in [2.24, 2.45) is 0 Å². The van der Waals surface area contributed by atoms with Gasteiger partial charge < -0.3 is 15.6 Å². The number of halogens is 1. The molecule has 0 aliphatic rings. The number of rotatable bonds is 5. The lowest BCUT2D eigenvalue weighted by Gasteiger charge is -2.14. The molecule has 2 aromatic rings. The number of nitrogens with two attached hydrogens (primary N) is 1. The number of nitrogen functional groups attached to an aromatic ring is 1. The molecule has 1 unspecified atom stereocenters. The molecule has 1 atom stereocenters. The summed E-state index contributed by atoms with van der Waals surface area (Å²) in [7, 11) is 0. The molecule has 1 aromatic carbocycles. The number of hydrogen-bond acceptors (Lipinski definition) is 4. The Balaban J connectivity index is 2.20. The number of benzene rings is 1. The lowest BCUT2D eigenvalue weighted by Crippen LogP contribution is -2.05. The molecule has 0 fully saturated rings. The zero-order valence-electron chi connectivity index (χ0n) is 11.2. The molecule has 0 saturated carbocycles. The van der Waals surface area contributed by atoms with Gasteiger partial charge in [-0.25, -0.2) is 4.98 Å². The molecule has 1 aromatic heterocycles. The van der Waals surface area contributed by atoms with Crippen molar-refractivity contribution < 1.29 is 9.84 Å². The second-order valence-corrected chi connectivity index (χ2v) is 4.88. The van der Waals surface area contributed by atoms with Gasteiger partial charge in [0, 0.05) is 11.8 Å². The van der Waals surface area contributed by atoms with Gasteiger partial charge in [0.05, 0.1) is 11.6 Å². The average Bonchev–Trinajstić information content (AvgIpc) is 2.47. The number of hydrogen-bond donors (Lipinski definition) is 2. The van der Waals surface area contributed by atoms with E-state index in [1.807, 2.05) is 19.1 Å². The maximum Gasteiger partial charge on any atom is 0.129 e. The Bertz CT molecular complexity index is 573. The van der Waals surface area contributed by atoms with Crippen LogP contribution in [0.1, 0.15) is 30.6 Å². The highest BCUT2D eigenvalue weighted by molar-refractivity contribution is 6.30. The van der Waals surface area contributed by atoms with Crippen molar-refractivity contribution in [1.29, 1.82) is 0 Å². The largest absolute Gasteiger partial charge is 0.494 e. The normalized spacial score (nSPS) is 12.2. The number of aliphatic hydroxyl groups excluding tert-OH is 1. The quantitative estimate of drug-likeness (QED) is 0.888. The summed E-state index contributed by atoms with van der Waals surface area (Å²) in [4.78, 5) is 3.94. The molecule has 1 heterocycles. The lowest BCUT2D eigenvalue weighted by molar-refractivity contribution is 0.220. The van der Waals surface area contributed by atoms with Crippen LogP contribution in [0, 0.1) is 0 Å². The molecule has 0 bridgehead atoms. The van der Waals surface area contributed by atoms with Crippen LogP contribution in [-0.4, -0.2) is 16.7 Å². The molecule has 4 nitrogen and oxygen atoms in total. The molecule has 20 heavy (non-hydrogen) atoms. The van der Waals surface area contributed by atoms with E-state index < -0.39 is 6.10 Å². The maximum atomic E-state index is 10.3. The van der Waals surface area contributed by atoms with Crippen LogP contribution in [-0.2, 0) is 0 Å². The van der Waals surface area contributed by atoms with Gasteiger partial charge in [-0.1, -0.05) is 30.7 Å². The monoisotopic (exact) mass is 292 g/mol. The van der Waals surface area contributed by atoms with E-state index in [0.29, 0.717) is 22.8 Å². The Hall–Kier alpha value is -1.78. The summed E-state index contributed by atoms with van der Waals surface area (Å²) in [5.74, 6) is 1.05. The fourth-order valence-corrected chi connectivity index (χ4v) is 2.00. The standard InChI is InChI=1S/C15H17ClN2O2/c1-2-7-20-12-5-3-10(4-6-12)14(19)13-8-11(16)9-18-15(13)17/h3-6,8-9,14,19H,2,7H2,1H3,(H2,17,18). The Morgan fingerprint density at radius 1 is 1.35 bits per heavy atom. The van der Waals surface area contributed by atoms with Crippen molar-refractivity contribution in [3.63, 3.8) is 0 Å². The highest BCUT2D eigenvalue weighted by Gasteiger charge is 2.15. The van der Waals surface area contributed by atoms with Gasteiger partial charge in [-0.3, -0.25) is 0 Å². The molecule has 0 radical (unpaired) electrons. The van der Waals surface area contributed by atoms with Crippen LogP contribution in [0.25, 0.3) is 0 Å². The van der Waals surface area contributed by atoms with Crippen LogP contribution in [0.4, 0.5) is 5.82 Å². The second-order valence-electron chi connectivity index (χ2n) is 4.45. The fourth-order valence-electron chi connectivity index (χ4n) is 1.83. The summed E-state index contributed by atoms with van der Waals surface area (Å²) in [6, 6.07) is 8.87. The van der Waals surface area contributed by atoms with Gasteiger partial charge in [0.2, 0.25) is 0 Å². The summed E-state index contributed by atoms with van der Waals surface area (Å²) in [5, 5.41) is 10.8. The summed E-state index contributed by atoms with van der Waals surface area (Å²) < 4.78 is 5.50. The highest BCUT2D eigenvalue weighted by atomic mass is 35.5. The minimum absolute atomic E-state index is 0.271. The molecule has 2 rings (SSSR count). The van der Waals surface area contributed by atoms with E-state index in [0.717, 1.165) is 12.2 Å². The Kier molecular flexibility index (Phi) is 4.82. The van der Waals surface area contributed by atoms with Crippen LogP contribution >= 0.6 is 11.6 Å². The van der Waals surface area contributed by atoms with Crippen molar-refractivity contribution in [2.45, 2.75) is 19.4 Å². The lowest BCUT2D eigenvalue weighted by atomic mass is 10.0. The third-order valence-electron chi connectivity index (χ3n) is 2.88. The Morgan fingerprint density at radius 3 is 2.70 bits per heavy atom. The first-order valence-corrected chi connectivity index (χ1v) is 6.81. The van der Waals surface area contributed by atoms with E-state index in [1.54, 1.807) is 18.2 Å². The molecule has 3 N–H and O–H groups in total. The van der Waals surface area contributed by atoms with E-state index in [9.17, 15) is 5.11 Å². The van der Waals surface area contributed by atoms with Crippen molar-refractivity contribution in [1.82, 2.24) is 4.98 Å². The average molecular weight is 293 g/mol. The van der Waals surface area contributed by atoms with Gasteiger partial charge in [-0.15, -0.1) is 0 Å². The number of aliphatic hydroxyl groups is 1. The van der Waals surface area contributed by atoms with Gasteiger partial charge in [-0.2, -0.15) is 0 Å². The van der Waals surface area contributed by atoms with E-state index in [1.165, 1.54) is 6.20 Å². The van der Waals surface area contributed by atoms with Gasteiger partial charge in [0.25, 0.3) is 0 Å². The van der Waals surface area contributed by atoms with Gasteiger partial charge in [-0.05, 0) is 30.2 Å². The van der Waals surface area contributed by atoms with E-state index in [-0.39, 0.29) is 5.82 Å². The predicted molar refractivity (Wildman–Crippen MR) is 79.9 cm³/mol. The molecule has 106 valence electrons. The topological polar surface area (TPSA) is 68.4 Å². The molecule has 5 heteroatoms. The number of nitrogens with zero attached hydrogens (tertiary/aromatic N) is 1. The van der Waals surface area contributed by atoms with Crippen LogP contribution in [0.15, 0.2) is 36.5 Å². The SMILES string of the molecule is CCCOc1ccc(C(O)c2cc(Cl)cnc2N)cc1. The fraction of sp³-hybridized carbons (Fsp3) is 0.267. The molecular weight excluding hydrogens is 276 g/mol. The minimum atomic E-state index is -0.860. The minimum Gasteiger partial charge on any atom is -0.494 e. The first-order valence-electron chi connectivity index (χ1n) is 6.43. The van der Waals surface area contributed by atoms with E-state index in [4.69, 9.17) is 22.1 Å². The van der Waals surface area contributed by atoms with Crippen LogP contribution < -0.4 is 10.5 Å². The summed E-state index contributed by atoms with van der Waals surface area (Å²) >= 11 is 5.88. The molecule has 0 aliphatic carbocycles. The Labute approximate surface area is 123 Å². The number of pyridine rings is 1. The van der Waals surface area contributed by atoms with Crippen molar-refractivity contribution >= 4 is 17.4 Å². The molecule has 0 spiro atoms. The number of anilines is 1.